The van der Waals surface area contributed by atoms with E-state index >= 15 is 0 Å². The minimum Gasteiger partial charge on any atom is -0.329 e. The molecule has 0 atom stereocenters. The first-order chi connectivity index (χ1) is 9.08. The van der Waals surface area contributed by atoms with Crippen molar-refractivity contribution in [2.75, 3.05) is 0 Å². The van der Waals surface area contributed by atoms with E-state index < -0.39 is 11.6 Å². The average molecular weight is 298 g/mol. The summed E-state index contributed by atoms with van der Waals surface area (Å²) in [5.74, 6) is -1.54. The van der Waals surface area contributed by atoms with Crippen LogP contribution in [0, 0.1) is 16.4 Å². The summed E-state index contributed by atoms with van der Waals surface area (Å²) < 4.78 is 28.6. The van der Waals surface area contributed by atoms with Gasteiger partial charge >= 0.3 is 0 Å². The summed E-state index contributed by atoms with van der Waals surface area (Å²) in [6.45, 7) is 0. The van der Waals surface area contributed by atoms with Crippen LogP contribution in [0.3, 0.4) is 0 Å². The zero-order valence-corrected chi connectivity index (χ0v) is 10.9. The van der Waals surface area contributed by atoms with Gasteiger partial charge in [-0.2, -0.15) is 0 Å². The lowest BCUT2D eigenvalue weighted by Crippen LogP contribution is -2.01. The van der Waals surface area contributed by atoms with Gasteiger partial charge in [0.05, 0.1) is 10.5 Å². The van der Waals surface area contributed by atoms with Crippen molar-refractivity contribution >= 4 is 35.0 Å². The lowest BCUT2D eigenvalue weighted by molar-refractivity contribution is 0.578. The fourth-order valence-corrected chi connectivity index (χ4v) is 2.46. The Labute approximate surface area is 116 Å². The van der Waals surface area contributed by atoms with Gasteiger partial charge in [-0.3, -0.25) is 4.57 Å². The molecule has 0 radical (unpaired) electrons. The molecule has 19 heavy (non-hydrogen) atoms. The van der Waals surface area contributed by atoms with E-state index in [4.69, 9.17) is 23.8 Å². The first-order valence-corrected chi connectivity index (χ1v) is 6.07. The van der Waals surface area contributed by atoms with Crippen molar-refractivity contribution in [3.8, 4) is 5.69 Å². The van der Waals surface area contributed by atoms with Gasteiger partial charge < -0.3 is 4.98 Å². The summed E-state index contributed by atoms with van der Waals surface area (Å²) in [7, 11) is 0. The molecule has 0 fully saturated rings. The van der Waals surface area contributed by atoms with E-state index in [2.05, 4.69) is 9.97 Å². The van der Waals surface area contributed by atoms with Crippen molar-refractivity contribution in [1.29, 1.82) is 0 Å². The maximum absolute atomic E-state index is 13.9. The van der Waals surface area contributed by atoms with Gasteiger partial charge in [0.25, 0.3) is 0 Å². The molecule has 0 unspecified atom stereocenters. The van der Waals surface area contributed by atoms with Crippen LogP contribution in [0.2, 0.25) is 5.02 Å². The summed E-state index contributed by atoms with van der Waals surface area (Å²) in [4.78, 5) is 7.02. The molecule has 0 saturated heterocycles. The minimum absolute atomic E-state index is 0.0157. The van der Waals surface area contributed by atoms with E-state index in [9.17, 15) is 8.78 Å². The number of benzene rings is 1. The topological polar surface area (TPSA) is 33.6 Å². The Morgan fingerprint density at radius 1 is 1.32 bits per heavy atom. The van der Waals surface area contributed by atoms with Crippen LogP contribution in [0.5, 0.6) is 0 Å². The summed E-state index contributed by atoms with van der Waals surface area (Å²) in [6, 6.07) is 5.26. The Morgan fingerprint density at radius 3 is 2.84 bits per heavy atom. The van der Waals surface area contributed by atoms with Gasteiger partial charge in [0, 0.05) is 12.3 Å². The molecule has 0 saturated carbocycles. The van der Waals surface area contributed by atoms with Crippen molar-refractivity contribution in [1.82, 2.24) is 14.5 Å². The van der Waals surface area contributed by atoms with Gasteiger partial charge in [-0.25, -0.2) is 13.8 Å². The molecular weight excluding hydrogens is 292 g/mol. The zero-order valence-electron chi connectivity index (χ0n) is 9.32. The summed E-state index contributed by atoms with van der Waals surface area (Å²) in [5.41, 5.74) is 1.06. The van der Waals surface area contributed by atoms with E-state index in [1.54, 1.807) is 18.3 Å². The number of pyridine rings is 1. The largest absolute Gasteiger partial charge is 0.329 e. The fraction of sp³-hybridized carbons (Fsp3) is 0. The first-order valence-electron chi connectivity index (χ1n) is 5.28. The molecule has 0 bridgehead atoms. The fourth-order valence-electron chi connectivity index (χ4n) is 1.90. The van der Waals surface area contributed by atoms with Crippen LogP contribution in [-0.2, 0) is 0 Å². The highest BCUT2D eigenvalue weighted by molar-refractivity contribution is 7.71. The number of nitrogens with one attached hydrogen (secondary N) is 1. The normalized spacial score (nSPS) is 11.1. The number of halogens is 3. The van der Waals surface area contributed by atoms with E-state index in [0.717, 1.165) is 12.1 Å². The molecule has 3 rings (SSSR count). The number of aromatic amines is 1. The third kappa shape index (κ3) is 1.93. The van der Waals surface area contributed by atoms with Crippen LogP contribution >= 0.6 is 23.8 Å². The monoisotopic (exact) mass is 297 g/mol. The average Bonchev–Trinajstić information content (AvgIpc) is 2.65. The molecule has 0 aliphatic rings. The number of hydrogen-bond acceptors (Lipinski definition) is 2. The highest BCUT2D eigenvalue weighted by Crippen LogP contribution is 2.28. The van der Waals surface area contributed by atoms with Crippen LogP contribution in [0.25, 0.3) is 16.9 Å². The Morgan fingerprint density at radius 2 is 2.11 bits per heavy atom. The zero-order chi connectivity index (χ0) is 13.6. The number of fused-ring (bicyclic) bond motifs is 1. The van der Waals surface area contributed by atoms with Crippen molar-refractivity contribution < 1.29 is 8.78 Å². The summed E-state index contributed by atoms with van der Waals surface area (Å²) in [6.07, 6.45) is 1.55. The second-order valence-electron chi connectivity index (χ2n) is 3.86. The van der Waals surface area contributed by atoms with Crippen molar-refractivity contribution in [3.63, 3.8) is 0 Å². The molecule has 2 heterocycles. The standard InChI is InChI=1S/C12H6ClF2N3S/c13-7-4-6(14)5-8(15)10(7)18-11-9(17-12(18)19)2-1-3-16-11/h1-5H,(H,17,19). The molecule has 0 spiro atoms. The molecular formula is C12H6ClF2N3S. The number of rotatable bonds is 1. The van der Waals surface area contributed by atoms with Gasteiger partial charge in [-0.05, 0) is 30.4 Å². The third-order valence-electron chi connectivity index (χ3n) is 2.65. The van der Waals surface area contributed by atoms with Crippen LogP contribution in [-0.4, -0.2) is 14.5 Å². The Kier molecular flexibility index (Phi) is 2.83. The Hall–Kier alpha value is -1.79. The number of aromatic nitrogens is 3. The second-order valence-corrected chi connectivity index (χ2v) is 4.65. The molecule has 7 heteroatoms. The van der Waals surface area contributed by atoms with E-state index in [1.807, 2.05) is 0 Å². The number of imidazole rings is 1. The van der Waals surface area contributed by atoms with E-state index in [0.29, 0.717) is 11.2 Å². The molecule has 0 aliphatic carbocycles. The van der Waals surface area contributed by atoms with Crippen molar-refractivity contribution in [2.24, 2.45) is 0 Å². The molecule has 0 aliphatic heterocycles. The lowest BCUT2D eigenvalue weighted by Gasteiger charge is -2.07. The van der Waals surface area contributed by atoms with Gasteiger partial charge in [-0.1, -0.05) is 11.6 Å². The first kappa shape index (κ1) is 12.3. The van der Waals surface area contributed by atoms with Crippen LogP contribution in [0.15, 0.2) is 30.5 Å². The van der Waals surface area contributed by atoms with E-state index in [-0.39, 0.29) is 15.5 Å². The highest BCUT2D eigenvalue weighted by atomic mass is 35.5. The Bertz CT molecular complexity index is 817. The lowest BCUT2D eigenvalue weighted by atomic mass is 10.3. The van der Waals surface area contributed by atoms with Crippen LogP contribution in [0.4, 0.5) is 8.78 Å². The van der Waals surface area contributed by atoms with Gasteiger partial charge in [0.1, 0.15) is 11.5 Å². The predicted octanol–water partition coefficient (Wildman–Crippen LogP) is 4.01. The van der Waals surface area contributed by atoms with Gasteiger partial charge in [-0.15, -0.1) is 0 Å². The maximum atomic E-state index is 13.9. The molecule has 1 N–H and O–H groups in total. The summed E-state index contributed by atoms with van der Waals surface area (Å²) >= 11 is 11.0. The minimum atomic E-state index is -0.798. The molecule has 3 aromatic rings. The molecule has 0 amide bonds. The second kappa shape index (κ2) is 4.40. The predicted molar refractivity (Wildman–Crippen MR) is 71.2 cm³/mol. The maximum Gasteiger partial charge on any atom is 0.184 e. The van der Waals surface area contributed by atoms with Crippen LogP contribution < -0.4 is 0 Å². The highest BCUT2D eigenvalue weighted by Gasteiger charge is 2.16. The van der Waals surface area contributed by atoms with Crippen LogP contribution in [0.1, 0.15) is 0 Å². The van der Waals surface area contributed by atoms with Gasteiger partial charge in [0.2, 0.25) is 0 Å². The molecule has 96 valence electrons. The Balaban J connectivity index is 2.43. The molecule has 3 nitrogen and oxygen atoms in total. The third-order valence-corrected chi connectivity index (χ3v) is 3.22. The van der Waals surface area contributed by atoms with Crippen molar-refractivity contribution in [2.45, 2.75) is 0 Å². The number of H-pyrrole nitrogens is 1. The number of nitrogens with zero attached hydrogens (tertiary/aromatic N) is 2. The smallest absolute Gasteiger partial charge is 0.184 e. The molecule has 2 aromatic heterocycles. The van der Waals surface area contributed by atoms with Gasteiger partial charge in [0.15, 0.2) is 16.2 Å². The quantitative estimate of drug-likeness (QED) is 0.688. The van der Waals surface area contributed by atoms with Crippen molar-refractivity contribution in [3.05, 3.63) is 51.9 Å². The van der Waals surface area contributed by atoms with E-state index in [1.165, 1.54) is 4.57 Å². The number of hydrogen-bond donors (Lipinski definition) is 1. The summed E-state index contributed by atoms with van der Waals surface area (Å²) in [5, 5.41) is -0.0693. The molecule has 1 aromatic carbocycles. The SMILES string of the molecule is Fc1cc(F)c(-n2c(=S)[nH]c3cccnc32)c(Cl)c1.